The van der Waals surface area contributed by atoms with Crippen molar-refractivity contribution in [3.05, 3.63) is 107 Å². The molecular formula is C38H38FN5O6. The first kappa shape index (κ1) is 33.2. The van der Waals surface area contributed by atoms with Crippen molar-refractivity contribution in [2.45, 2.75) is 50.5 Å². The third-order valence-corrected chi connectivity index (χ3v) is 9.59. The zero-order valence-corrected chi connectivity index (χ0v) is 27.9. The molecular weight excluding hydrogens is 641 g/mol. The van der Waals surface area contributed by atoms with E-state index in [0.29, 0.717) is 36.5 Å². The van der Waals surface area contributed by atoms with Crippen molar-refractivity contribution in [3.63, 3.8) is 0 Å². The number of methoxy groups -OCH3 is 2. The van der Waals surface area contributed by atoms with E-state index in [-0.39, 0.29) is 29.3 Å². The van der Waals surface area contributed by atoms with Crippen molar-refractivity contribution >= 4 is 22.7 Å². The van der Waals surface area contributed by atoms with Crippen LogP contribution in [0.4, 0.5) is 4.39 Å². The van der Waals surface area contributed by atoms with Crippen LogP contribution in [0.5, 0.6) is 11.5 Å². The van der Waals surface area contributed by atoms with Crippen LogP contribution >= 0.6 is 0 Å². The number of primary amides is 1. The van der Waals surface area contributed by atoms with E-state index >= 15 is 0 Å². The van der Waals surface area contributed by atoms with Gasteiger partial charge in [-0.15, -0.1) is 0 Å². The van der Waals surface area contributed by atoms with Gasteiger partial charge in [0.25, 0.3) is 11.8 Å². The van der Waals surface area contributed by atoms with E-state index in [1.165, 1.54) is 19.2 Å². The average Bonchev–Trinajstić information content (AvgIpc) is 3.78. The molecule has 3 N–H and O–H groups in total. The normalized spacial score (nSPS) is 15.7. The third-order valence-electron chi connectivity index (χ3n) is 9.59. The number of halogens is 1. The van der Waals surface area contributed by atoms with E-state index in [9.17, 15) is 14.0 Å². The second-order valence-electron chi connectivity index (χ2n) is 12.6. The van der Waals surface area contributed by atoms with Gasteiger partial charge in [0.1, 0.15) is 17.3 Å². The van der Waals surface area contributed by atoms with Gasteiger partial charge in [-0.25, -0.2) is 4.39 Å². The van der Waals surface area contributed by atoms with Gasteiger partial charge in [-0.2, -0.15) is 5.10 Å². The van der Waals surface area contributed by atoms with Gasteiger partial charge in [0, 0.05) is 36.3 Å². The van der Waals surface area contributed by atoms with Gasteiger partial charge < -0.3 is 30.0 Å². The number of hydrogen-bond acceptors (Lipinski definition) is 8. The summed E-state index contributed by atoms with van der Waals surface area (Å²) in [6.45, 7) is 1.78. The Morgan fingerprint density at radius 3 is 2.34 bits per heavy atom. The summed E-state index contributed by atoms with van der Waals surface area (Å²) in [5, 5.41) is 8.36. The van der Waals surface area contributed by atoms with Crippen molar-refractivity contribution in [3.8, 4) is 22.8 Å². The molecule has 0 radical (unpaired) electrons. The second-order valence-corrected chi connectivity index (χ2v) is 12.6. The van der Waals surface area contributed by atoms with Crippen LogP contribution in [0.3, 0.4) is 0 Å². The number of ether oxygens (including phenoxy) is 4. The smallest absolute Gasteiger partial charge is 0.255 e. The van der Waals surface area contributed by atoms with Gasteiger partial charge >= 0.3 is 0 Å². The van der Waals surface area contributed by atoms with Crippen LogP contribution in [0.1, 0.15) is 69.1 Å². The molecule has 7 rings (SSSR count). The van der Waals surface area contributed by atoms with Gasteiger partial charge in [0.15, 0.2) is 5.79 Å². The number of benzene rings is 3. The molecule has 3 aromatic carbocycles. The molecule has 1 saturated carbocycles. The molecule has 2 fully saturated rings. The first-order chi connectivity index (χ1) is 24.3. The highest BCUT2D eigenvalue weighted by Crippen LogP contribution is 2.44. The molecule has 2 aliphatic rings. The first-order valence-corrected chi connectivity index (χ1v) is 16.6. The lowest BCUT2D eigenvalue weighted by Gasteiger charge is -2.35. The monoisotopic (exact) mass is 679 g/mol. The molecule has 3 heterocycles. The maximum atomic E-state index is 13.9. The van der Waals surface area contributed by atoms with Crippen LogP contribution in [0.2, 0.25) is 0 Å². The molecule has 11 nitrogen and oxygen atoms in total. The van der Waals surface area contributed by atoms with Crippen molar-refractivity contribution in [1.82, 2.24) is 20.1 Å². The maximum Gasteiger partial charge on any atom is 0.255 e. The molecule has 1 spiro atoms. The Morgan fingerprint density at radius 1 is 0.980 bits per heavy atom. The minimum atomic E-state index is -0.615. The van der Waals surface area contributed by atoms with Crippen LogP contribution in [0.25, 0.3) is 22.2 Å². The van der Waals surface area contributed by atoms with E-state index in [1.54, 1.807) is 13.3 Å². The average molecular weight is 680 g/mol. The predicted molar refractivity (Wildman–Crippen MR) is 184 cm³/mol. The second kappa shape index (κ2) is 13.9. The predicted octanol–water partition coefficient (Wildman–Crippen LogP) is 5.73. The van der Waals surface area contributed by atoms with Crippen LogP contribution < -0.4 is 20.5 Å². The molecule has 2 amide bonds. The number of pyridine rings is 1. The van der Waals surface area contributed by atoms with Gasteiger partial charge in [-0.1, -0.05) is 36.4 Å². The van der Waals surface area contributed by atoms with Crippen molar-refractivity contribution in [2.24, 2.45) is 5.73 Å². The van der Waals surface area contributed by atoms with E-state index in [4.69, 9.17) is 34.8 Å². The number of aromatic nitrogens is 3. The summed E-state index contributed by atoms with van der Waals surface area (Å²) in [5.74, 6) is -1.04. The largest absolute Gasteiger partial charge is 0.497 e. The SMILES string of the molecule is COc1ccc(Cn2ncc3c(C4CCC5(CC4)OCCO5)nc(-c4ccc(CNC(=O)c5cc(F)ccc5OC)cc4)c(C(N)=O)c32)cc1. The summed E-state index contributed by atoms with van der Waals surface area (Å²) in [4.78, 5) is 31.4. The molecule has 0 atom stereocenters. The summed E-state index contributed by atoms with van der Waals surface area (Å²) in [7, 11) is 3.05. The summed E-state index contributed by atoms with van der Waals surface area (Å²) >= 11 is 0. The molecule has 2 aromatic heterocycles. The highest BCUT2D eigenvalue weighted by Gasteiger charge is 2.41. The molecule has 0 bridgehead atoms. The summed E-state index contributed by atoms with van der Waals surface area (Å²) in [6.07, 6.45) is 4.88. The van der Waals surface area contributed by atoms with Gasteiger partial charge in [-0.05, 0) is 54.3 Å². The highest BCUT2D eigenvalue weighted by molar-refractivity contribution is 6.10. The molecule has 0 unspecified atom stereocenters. The molecule has 50 heavy (non-hydrogen) atoms. The first-order valence-electron chi connectivity index (χ1n) is 16.6. The van der Waals surface area contributed by atoms with E-state index in [0.717, 1.165) is 59.7 Å². The van der Waals surface area contributed by atoms with E-state index in [1.807, 2.05) is 53.2 Å². The topological polar surface area (TPSA) is 140 Å². The van der Waals surface area contributed by atoms with Crippen LogP contribution in [-0.4, -0.2) is 59.8 Å². The summed E-state index contributed by atoms with van der Waals surface area (Å²) < 4.78 is 38.2. The third kappa shape index (κ3) is 6.51. The van der Waals surface area contributed by atoms with Crippen molar-refractivity contribution in [1.29, 1.82) is 0 Å². The number of hydrogen-bond donors (Lipinski definition) is 2. The molecule has 5 aromatic rings. The van der Waals surface area contributed by atoms with E-state index < -0.39 is 23.4 Å². The van der Waals surface area contributed by atoms with Gasteiger partial charge in [0.2, 0.25) is 0 Å². The number of rotatable bonds is 10. The standard InChI is InChI=1S/C38H38FN5O6/c1-47-28-10-5-24(6-11-28)22-44-35-30(21-42-44)33(26-13-15-38(16-14-26)49-17-18-50-38)43-34(32(35)36(40)45)25-7-3-23(4-8-25)20-41-37(46)29-19-27(39)9-12-31(29)48-2/h3-12,19,21,26H,13-18,20,22H2,1-2H3,(H2,40,45)(H,41,46). The number of carbonyl (C=O) groups excluding carboxylic acids is 2. The van der Waals surface area contributed by atoms with Gasteiger partial charge in [0.05, 0.1) is 68.2 Å². The lowest BCUT2D eigenvalue weighted by Crippen LogP contribution is -2.34. The Morgan fingerprint density at radius 2 is 1.68 bits per heavy atom. The Kier molecular flexibility index (Phi) is 9.21. The fourth-order valence-corrected chi connectivity index (χ4v) is 6.99. The van der Waals surface area contributed by atoms with E-state index in [2.05, 4.69) is 5.32 Å². The number of nitrogens with one attached hydrogen (secondary N) is 1. The Labute approximate surface area is 288 Å². The maximum absolute atomic E-state index is 13.9. The molecule has 1 aliphatic heterocycles. The number of carbonyl (C=O) groups is 2. The minimum absolute atomic E-state index is 0.0875. The van der Waals surface area contributed by atoms with Crippen LogP contribution in [0.15, 0.2) is 72.9 Å². The molecule has 12 heteroatoms. The zero-order chi connectivity index (χ0) is 34.8. The quantitative estimate of drug-likeness (QED) is 0.191. The summed E-state index contributed by atoms with van der Waals surface area (Å²) in [6, 6.07) is 18.9. The Balaban J connectivity index is 1.24. The van der Waals surface area contributed by atoms with Crippen LogP contribution in [-0.2, 0) is 22.6 Å². The van der Waals surface area contributed by atoms with Gasteiger partial charge in [-0.3, -0.25) is 19.3 Å². The van der Waals surface area contributed by atoms with Crippen LogP contribution in [0, 0.1) is 5.82 Å². The minimum Gasteiger partial charge on any atom is -0.497 e. The molecule has 1 aliphatic carbocycles. The fourth-order valence-electron chi connectivity index (χ4n) is 6.99. The fraction of sp³-hybridized carbons (Fsp3) is 0.316. The summed E-state index contributed by atoms with van der Waals surface area (Å²) in [5.41, 5.74) is 10.9. The Bertz CT molecular complexity index is 2030. The number of amides is 2. The Hall–Kier alpha value is -5.33. The zero-order valence-electron chi connectivity index (χ0n) is 27.9. The van der Waals surface area contributed by atoms with Crippen molar-refractivity contribution < 1.29 is 32.9 Å². The lowest BCUT2D eigenvalue weighted by molar-refractivity contribution is -0.178. The highest BCUT2D eigenvalue weighted by atomic mass is 19.1. The number of fused-ring (bicyclic) bond motifs is 1. The molecule has 1 saturated heterocycles. The number of nitrogens with zero attached hydrogens (tertiary/aromatic N) is 3. The number of nitrogens with two attached hydrogens (primary N) is 1. The molecule has 258 valence electrons. The lowest BCUT2D eigenvalue weighted by atomic mass is 9.81. The van der Waals surface area contributed by atoms with Crippen molar-refractivity contribution in [2.75, 3.05) is 27.4 Å².